The molecule has 1 aromatic heterocycles. The molecule has 1 heterocycles. The fourth-order valence-electron chi connectivity index (χ4n) is 2.87. The third kappa shape index (κ3) is 3.26. The summed E-state index contributed by atoms with van der Waals surface area (Å²) in [7, 11) is 0. The third-order valence-electron chi connectivity index (χ3n) is 3.94. The van der Waals surface area contributed by atoms with Crippen molar-refractivity contribution in [1.29, 1.82) is 0 Å². The SMILES string of the molecule is C=C(/C=C\C)C1=CC=C(S)Cc2c1nc(C)nc2-c1ccccc1. The van der Waals surface area contributed by atoms with Gasteiger partial charge in [0.2, 0.25) is 0 Å². The van der Waals surface area contributed by atoms with Crippen molar-refractivity contribution in [2.24, 2.45) is 0 Å². The number of benzene rings is 1. The Morgan fingerprint density at radius 3 is 2.54 bits per heavy atom. The highest BCUT2D eigenvalue weighted by molar-refractivity contribution is 7.84. The predicted molar refractivity (Wildman–Crippen MR) is 105 cm³/mol. The number of nitrogens with zero attached hydrogens (tertiary/aromatic N) is 2. The van der Waals surface area contributed by atoms with Gasteiger partial charge in [0.05, 0.1) is 11.4 Å². The normalized spacial score (nSPS) is 14.0. The highest BCUT2D eigenvalue weighted by Gasteiger charge is 2.20. The molecular formula is C21H20N2S. The van der Waals surface area contributed by atoms with Gasteiger partial charge >= 0.3 is 0 Å². The van der Waals surface area contributed by atoms with Crippen LogP contribution in [0.25, 0.3) is 16.8 Å². The van der Waals surface area contributed by atoms with Gasteiger partial charge in [-0.3, -0.25) is 0 Å². The van der Waals surface area contributed by atoms with Crippen LogP contribution >= 0.6 is 12.6 Å². The maximum Gasteiger partial charge on any atom is 0.126 e. The van der Waals surface area contributed by atoms with Crippen molar-refractivity contribution in [2.75, 3.05) is 0 Å². The summed E-state index contributed by atoms with van der Waals surface area (Å²) in [6, 6.07) is 10.2. The van der Waals surface area contributed by atoms with Gasteiger partial charge in [-0.2, -0.15) is 0 Å². The standard InChI is InChI=1S/C21H20N2S/c1-4-8-14(2)18-12-11-17(24)13-19-20(16-9-6-5-7-10-16)22-15(3)23-21(18)19/h4-12,24H,2,13H2,1,3H3/b8-4-. The molecule has 0 spiro atoms. The van der Waals surface area contributed by atoms with Crippen LogP contribution in [0.3, 0.4) is 0 Å². The minimum atomic E-state index is 0.714. The van der Waals surface area contributed by atoms with Crippen LogP contribution in [-0.2, 0) is 6.42 Å². The molecule has 120 valence electrons. The minimum absolute atomic E-state index is 0.714. The largest absolute Gasteiger partial charge is 0.233 e. The molecule has 0 amide bonds. The smallest absolute Gasteiger partial charge is 0.126 e. The van der Waals surface area contributed by atoms with E-state index in [-0.39, 0.29) is 0 Å². The van der Waals surface area contributed by atoms with Crippen molar-refractivity contribution in [3.05, 3.63) is 88.8 Å². The van der Waals surface area contributed by atoms with Gasteiger partial charge in [0.1, 0.15) is 5.82 Å². The van der Waals surface area contributed by atoms with Crippen LogP contribution < -0.4 is 0 Å². The van der Waals surface area contributed by atoms with Gasteiger partial charge in [-0.25, -0.2) is 9.97 Å². The van der Waals surface area contributed by atoms with Crippen LogP contribution in [0.4, 0.5) is 0 Å². The first-order chi connectivity index (χ1) is 11.6. The van der Waals surface area contributed by atoms with Crippen LogP contribution in [0, 0.1) is 6.92 Å². The van der Waals surface area contributed by atoms with Crippen LogP contribution in [0.1, 0.15) is 24.0 Å². The van der Waals surface area contributed by atoms with Gasteiger partial charge < -0.3 is 0 Å². The minimum Gasteiger partial charge on any atom is -0.233 e. The summed E-state index contributed by atoms with van der Waals surface area (Å²) < 4.78 is 0. The molecule has 24 heavy (non-hydrogen) atoms. The fraction of sp³-hybridized carbons (Fsp3) is 0.143. The van der Waals surface area contributed by atoms with E-state index in [4.69, 9.17) is 9.97 Å². The number of rotatable bonds is 3. The van der Waals surface area contributed by atoms with E-state index in [1.54, 1.807) is 0 Å². The molecule has 1 aromatic carbocycles. The van der Waals surface area contributed by atoms with Gasteiger partial charge in [-0.15, -0.1) is 12.6 Å². The summed E-state index contributed by atoms with van der Waals surface area (Å²) in [4.78, 5) is 10.5. The Morgan fingerprint density at radius 1 is 1.12 bits per heavy atom. The number of aromatic nitrogens is 2. The number of allylic oxidation sites excluding steroid dienone is 7. The van der Waals surface area contributed by atoms with E-state index in [0.717, 1.165) is 44.4 Å². The maximum absolute atomic E-state index is 4.74. The number of fused-ring (bicyclic) bond motifs is 1. The molecule has 0 radical (unpaired) electrons. The van der Waals surface area contributed by atoms with E-state index in [0.29, 0.717) is 6.42 Å². The van der Waals surface area contributed by atoms with E-state index in [1.165, 1.54) is 0 Å². The number of thiol groups is 1. The Labute approximate surface area is 148 Å². The Hall–Kier alpha value is -2.39. The molecule has 2 aromatic rings. The number of hydrogen-bond donors (Lipinski definition) is 1. The number of hydrogen-bond acceptors (Lipinski definition) is 3. The number of aryl methyl sites for hydroxylation is 1. The predicted octanol–water partition coefficient (Wildman–Crippen LogP) is 5.34. The van der Waals surface area contributed by atoms with Crippen LogP contribution in [0.2, 0.25) is 0 Å². The average Bonchev–Trinajstić information content (AvgIpc) is 2.74. The van der Waals surface area contributed by atoms with Crippen molar-refractivity contribution in [3.8, 4) is 11.3 Å². The van der Waals surface area contributed by atoms with Crippen molar-refractivity contribution in [1.82, 2.24) is 9.97 Å². The van der Waals surface area contributed by atoms with Crippen LogP contribution in [0.5, 0.6) is 0 Å². The molecule has 0 aliphatic heterocycles. The van der Waals surface area contributed by atoms with Crippen molar-refractivity contribution >= 4 is 18.2 Å². The quantitative estimate of drug-likeness (QED) is 0.606. The summed E-state index contributed by atoms with van der Waals surface area (Å²) in [5.41, 5.74) is 6.08. The molecule has 0 N–H and O–H groups in total. The second-order valence-corrected chi connectivity index (χ2v) is 6.33. The Bertz CT molecular complexity index is 874. The lowest BCUT2D eigenvalue weighted by atomic mass is 9.95. The summed E-state index contributed by atoms with van der Waals surface area (Å²) in [5, 5.41) is 0. The molecule has 0 atom stereocenters. The molecule has 0 saturated heterocycles. The topological polar surface area (TPSA) is 25.8 Å². The lowest BCUT2D eigenvalue weighted by molar-refractivity contribution is 1.00. The lowest BCUT2D eigenvalue weighted by Crippen LogP contribution is -2.05. The molecule has 0 saturated carbocycles. The van der Waals surface area contributed by atoms with Crippen LogP contribution in [0.15, 0.2) is 71.7 Å². The van der Waals surface area contributed by atoms with Gasteiger partial charge in [0.25, 0.3) is 0 Å². The zero-order valence-corrected chi connectivity index (χ0v) is 14.8. The average molecular weight is 332 g/mol. The summed E-state index contributed by atoms with van der Waals surface area (Å²) >= 11 is 4.61. The third-order valence-corrected chi connectivity index (χ3v) is 4.24. The van der Waals surface area contributed by atoms with E-state index < -0.39 is 0 Å². The van der Waals surface area contributed by atoms with Crippen molar-refractivity contribution in [3.63, 3.8) is 0 Å². The first-order valence-corrected chi connectivity index (χ1v) is 8.40. The molecule has 0 unspecified atom stereocenters. The second-order valence-electron chi connectivity index (χ2n) is 5.75. The van der Waals surface area contributed by atoms with Crippen LogP contribution in [-0.4, -0.2) is 9.97 Å². The molecule has 0 fully saturated rings. The van der Waals surface area contributed by atoms with E-state index >= 15 is 0 Å². The first-order valence-electron chi connectivity index (χ1n) is 7.95. The molecular weight excluding hydrogens is 312 g/mol. The summed E-state index contributed by atoms with van der Waals surface area (Å²) in [6.07, 6.45) is 8.79. The summed E-state index contributed by atoms with van der Waals surface area (Å²) in [6.45, 7) is 8.12. The van der Waals surface area contributed by atoms with E-state index in [9.17, 15) is 0 Å². The van der Waals surface area contributed by atoms with Gasteiger partial charge in [0.15, 0.2) is 0 Å². The van der Waals surface area contributed by atoms with E-state index in [2.05, 4.69) is 37.4 Å². The molecule has 2 nitrogen and oxygen atoms in total. The fourth-order valence-corrected chi connectivity index (χ4v) is 3.10. The monoisotopic (exact) mass is 332 g/mol. The van der Waals surface area contributed by atoms with Crippen molar-refractivity contribution < 1.29 is 0 Å². The first kappa shape index (κ1) is 16.5. The van der Waals surface area contributed by atoms with Gasteiger partial charge in [-0.05, 0) is 24.3 Å². The summed E-state index contributed by atoms with van der Waals surface area (Å²) in [5.74, 6) is 0.759. The Morgan fingerprint density at radius 2 is 1.83 bits per heavy atom. The van der Waals surface area contributed by atoms with Crippen molar-refractivity contribution in [2.45, 2.75) is 20.3 Å². The van der Waals surface area contributed by atoms with E-state index in [1.807, 2.05) is 50.3 Å². The second kappa shape index (κ2) is 7.02. The lowest BCUT2D eigenvalue weighted by Gasteiger charge is -2.16. The highest BCUT2D eigenvalue weighted by atomic mass is 32.1. The molecule has 1 aliphatic carbocycles. The molecule has 3 heteroatoms. The van der Waals surface area contributed by atoms with Gasteiger partial charge in [-0.1, -0.05) is 61.2 Å². The molecule has 1 aliphatic rings. The zero-order chi connectivity index (χ0) is 17.1. The highest BCUT2D eigenvalue weighted by Crippen LogP contribution is 2.35. The maximum atomic E-state index is 4.74. The Balaban J connectivity index is 2.27. The molecule has 0 bridgehead atoms. The van der Waals surface area contributed by atoms with Gasteiger partial charge in [0, 0.05) is 23.1 Å². The molecule has 3 rings (SSSR count). The Kier molecular flexibility index (Phi) is 4.81. The zero-order valence-electron chi connectivity index (χ0n) is 14.0.